The smallest absolute Gasteiger partial charge is 0.232 e. The van der Waals surface area contributed by atoms with Gasteiger partial charge in [-0.15, -0.1) is 11.3 Å². The second kappa shape index (κ2) is 5.62. The van der Waals surface area contributed by atoms with Crippen LogP contribution in [0.3, 0.4) is 0 Å². The van der Waals surface area contributed by atoms with Gasteiger partial charge in [0.2, 0.25) is 11.2 Å². The van der Waals surface area contributed by atoms with E-state index in [-0.39, 0.29) is 5.28 Å². The van der Waals surface area contributed by atoms with Gasteiger partial charge in [0.25, 0.3) is 0 Å². The molecule has 3 nitrogen and oxygen atoms in total. The van der Waals surface area contributed by atoms with Gasteiger partial charge in [0.05, 0.1) is 5.39 Å². The van der Waals surface area contributed by atoms with Crippen LogP contribution in [-0.2, 0) is 0 Å². The predicted octanol–water partition coefficient (Wildman–Crippen LogP) is 5.57. The second-order valence-electron chi connectivity index (χ2n) is 5.20. The fourth-order valence-corrected chi connectivity index (χ4v) is 3.18. The Balaban J connectivity index is 1.97. The first-order valence-electron chi connectivity index (χ1n) is 6.74. The van der Waals surface area contributed by atoms with Gasteiger partial charge in [-0.25, -0.2) is 4.98 Å². The molecule has 1 aromatic carbocycles. The van der Waals surface area contributed by atoms with E-state index in [1.807, 2.05) is 25.1 Å². The van der Waals surface area contributed by atoms with Crippen molar-refractivity contribution < 1.29 is 4.74 Å². The summed E-state index contributed by atoms with van der Waals surface area (Å²) in [6.07, 6.45) is 0. The Morgan fingerprint density at radius 2 is 1.86 bits per heavy atom. The monoisotopic (exact) mass is 318 g/mol. The molecule has 0 radical (unpaired) electrons. The van der Waals surface area contributed by atoms with Crippen molar-refractivity contribution in [1.82, 2.24) is 9.97 Å². The first-order valence-corrected chi connectivity index (χ1v) is 7.94. The molecule has 0 saturated carbocycles. The van der Waals surface area contributed by atoms with E-state index in [1.165, 1.54) is 5.56 Å². The molecule has 2 heterocycles. The quantitative estimate of drug-likeness (QED) is 0.592. The summed E-state index contributed by atoms with van der Waals surface area (Å²) >= 11 is 7.55. The summed E-state index contributed by atoms with van der Waals surface area (Å²) in [7, 11) is 0. The molecule has 0 aliphatic carbocycles. The van der Waals surface area contributed by atoms with Gasteiger partial charge in [-0.05, 0) is 48.2 Å². The average Bonchev–Trinajstić information content (AvgIpc) is 2.79. The van der Waals surface area contributed by atoms with Gasteiger partial charge in [-0.3, -0.25) is 0 Å². The van der Waals surface area contributed by atoms with E-state index in [1.54, 1.807) is 11.3 Å². The lowest BCUT2D eigenvalue weighted by Crippen LogP contribution is -1.92. The van der Waals surface area contributed by atoms with Crippen molar-refractivity contribution >= 4 is 33.2 Å². The van der Waals surface area contributed by atoms with Crippen molar-refractivity contribution in [3.05, 3.63) is 46.1 Å². The number of nitrogens with zero attached hydrogens (tertiary/aromatic N) is 2. The van der Waals surface area contributed by atoms with Crippen LogP contribution < -0.4 is 4.74 Å². The Labute approximate surface area is 132 Å². The van der Waals surface area contributed by atoms with Crippen LogP contribution in [0.1, 0.15) is 30.2 Å². The zero-order chi connectivity index (χ0) is 15.0. The van der Waals surface area contributed by atoms with Crippen molar-refractivity contribution in [2.24, 2.45) is 0 Å². The molecule has 3 aromatic rings. The normalized spacial score (nSPS) is 11.3. The Bertz CT molecular complexity index is 781. The Kier molecular flexibility index (Phi) is 3.83. The zero-order valence-corrected chi connectivity index (χ0v) is 13.6. The molecule has 5 heteroatoms. The molecule has 0 atom stereocenters. The van der Waals surface area contributed by atoms with Crippen molar-refractivity contribution in [2.45, 2.75) is 26.7 Å². The average molecular weight is 319 g/mol. The minimum atomic E-state index is 0.207. The molecule has 0 amide bonds. The van der Waals surface area contributed by atoms with Crippen LogP contribution in [0.25, 0.3) is 10.2 Å². The summed E-state index contributed by atoms with van der Waals surface area (Å²) in [5.41, 5.74) is 1.28. The molecule has 0 aliphatic heterocycles. The number of hydrogen-bond donors (Lipinski definition) is 0. The minimum Gasteiger partial charge on any atom is -0.438 e. The second-order valence-corrected chi connectivity index (χ2v) is 6.77. The van der Waals surface area contributed by atoms with Crippen molar-refractivity contribution in [3.63, 3.8) is 0 Å². The zero-order valence-electron chi connectivity index (χ0n) is 12.1. The van der Waals surface area contributed by atoms with E-state index in [4.69, 9.17) is 16.3 Å². The van der Waals surface area contributed by atoms with Crippen LogP contribution in [0, 0.1) is 6.92 Å². The lowest BCUT2D eigenvalue weighted by molar-refractivity contribution is 0.468. The minimum absolute atomic E-state index is 0.207. The Hall–Kier alpha value is -1.65. The van der Waals surface area contributed by atoms with Gasteiger partial charge in [0.1, 0.15) is 10.6 Å². The summed E-state index contributed by atoms with van der Waals surface area (Å²) in [5.74, 6) is 1.75. The van der Waals surface area contributed by atoms with Gasteiger partial charge in [-0.1, -0.05) is 26.0 Å². The van der Waals surface area contributed by atoms with E-state index >= 15 is 0 Å². The summed E-state index contributed by atoms with van der Waals surface area (Å²) in [4.78, 5) is 10.4. The van der Waals surface area contributed by atoms with E-state index in [9.17, 15) is 0 Å². The van der Waals surface area contributed by atoms with Gasteiger partial charge < -0.3 is 4.74 Å². The first kappa shape index (κ1) is 14.3. The number of benzene rings is 1. The lowest BCUT2D eigenvalue weighted by atomic mass is 10.0. The number of aromatic nitrogens is 2. The molecule has 3 rings (SSSR count). The van der Waals surface area contributed by atoms with Crippen LogP contribution in [0.2, 0.25) is 5.28 Å². The van der Waals surface area contributed by atoms with Crippen LogP contribution in [0.15, 0.2) is 30.3 Å². The van der Waals surface area contributed by atoms with Crippen LogP contribution >= 0.6 is 22.9 Å². The third-order valence-corrected chi connectivity index (χ3v) is 4.33. The van der Waals surface area contributed by atoms with Gasteiger partial charge >= 0.3 is 0 Å². The molecular formula is C16H15ClN2OS. The van der Waals surface area contributed by atoms with E-state index < -0.39 is 0 Å². The van der Waals surface area contributed by atoms with E-state index in [0.29, 0.717) is 11.8 Å². The fraction of sp³-hybridized carbons (Fsp3) is 0.250. The molecule has 0 spiro atoms. The standard InChI is InChI=1S/C16H15ClN2OS/c1-9(2)11-4-6-12(7-5-11)20-14-13-8-10(3)21-15(13)19-16(17)18-14/h4-9H,1-3H3. The molecule has 0 N–H and O–H groups in total. The van der Waals surface area contributed by atoms with Crippen LogP contribution in [0.5, 0.6) is 11.6 Å². The highest BCUT2D eigenvalue weighted by Crippen LogP contribution is 2.33. The highest BCUT2D eigenvalue weighted by atomic mass is 35.5. The van der Waals surface area contributed by atoms with Gasteiger partial charge in [0, 0.05) is 4.88 Å². The maximum absolute atomic E-state index is 5.97. The van der Waals surface area contributed by atoms with Gasteiger partial charge in [0.15, 0.2) is 0 Å². The summed E-state index contributed by atoms with van der Waals surface area (Å²) < 4.78 is 5.89. The first-order chi connectivity index (χ1) is 10.0. The molecule has 0 saturated heterocycles. The summed E-state index contributed by atoms with van der Waals surface area (Å²) in [6.45, 7) is 6.36. The molecule has 108 valence electrons. The number of aryl methyl sites for hydroxylation is 1. The SMILES string of the molecule is Cc1cc2c(Oc3ccc(C(C)C)cc3)nc(Cl)nc2s1. The number of hydrogen-bond acceptors (Lipinski definition) is 4. The fourth-order valence-electron chi connectivity index (χ4n) is 2.10. The highest BCUT2D eigenvalue weighted by Gasteiger charge is 2.12. The Morgan fingerprint density at radius 1 is 1.14 bits per heavy atom. The number of ether oxygens (including phenoxy) is 1. The van der Waals surface area contributed by atoms with E-state index in [0.717, 1.165) is 20.8 Å². The summed E-state index contributed by atoms with van der Waals surface area (Å²) in [6, 6.07) is 10.1. The third kappa shape index (κ3) is 3.01. The largest absolute Gasteiger partial charge is 0.438 e. The van der Waals surface area contributed by atoms with E-state index in [2.05, 4.69) is 35.9 Å². The van der Waals surface area contributed by atoms with Crippen LogP contribution in [-0.4, -0.2) is 9.97 Å². The molecule has 21 heavy (non-hydrogen) atoms. The molecular weight excluding hydrogens is 304 g/mol. The number of fused-ring (bicyclic) bond motifs is 1. The topological polar surface area (TPSA) is 35.0 Å². The number of rotatable bonds is 3. The molecule has 0 fully saturated rings. The number of halogens is 1. The molecule has 0 unspecified atom stereocenters. The van der Waals surface area contributed by atoms with Crippen molar-refractivity contribution in [1.29, 1.82) is 0 Å². The van der Waals surface area contributed by atoms with Crippen molar-refractivity contribution in [3.8, 4) is 11.6 Å². The van der Waals surface area contributed by atoms with Crippen LogP contribution in [0.4, 0.5) is 0 Å². The lowest BCUT2D eigenvalue weighted by Gasteiger charge is -2.08. The highest BCUT2D eigenvalue weighted by molar-refractivity contribution is 7.18. The van der Waals surface area contributed by atoms with Crippen molar-refractivity contribution in [2.75, 3.05) is 0 Å². The maximum Gasteiger partial charge on any atom is 0.232 e. The predicted molar refractivity (Wildman–Crippen MR) is 87.8 cm³/mol. The molecule has 2 aromatic heterocycles. The molecule has 0 bridgehead atoms. The number of thiophene rings is 1. The molecule has 0 aliphatic rings. The maximum atomic E-state index is 5.97. The van der Waals surface area contributed by atoms with Gasteiger partial charge in [-0.2, -0.15) is 4.98 Å². The third-order valence-electron chi connectivity index (χ3n) is 3.21. The summed E-state index contributed by atoms with van der Waals surface area (Å²) in [5, 5.41) is 1.10. The Morgan fingerprint density at radius 3 is 2.52 bits per heavy atom.